The molecule has 5 heteroatoms. The lowest BCUT2D eigenvalue weighted by Crippen LogP contribution is -2.12. The summed E-state index contributed by atoms with van der Waals surface area (Å²) in [6, 6.07) is 12.0. The Morgan fingerprint density at radius 3 is 2.43 bits per heavy atom. The van der Waals surface area contributed by atoms with E-state index < -0.39 is 11.9 Å². The van der Waals surface area contributed by atoms with Crippen molar-refractivity contribution in [2.24, 2.45) is 0 Å². The predicted octanol–water partition coefficient (Wildman–Crippen LogP) is 3.77. The van der Waals surface area contributed by atoms with Gasteiger partial charge in [-0.3, -0.25) is 4.79 Å². The molecule has 0 aliphatic carbocycles. The SMILES string of the molecule is O=C(Nc1ccc(F)nc1)c1ccc(F)c2ccccc12. The van der Waals surface area contributed by atoms with Crippen LogP contribution in [-0.4, -0.2) is 10.9 Å². The van der Waals surface area contributed by atoms with Gasteiger partial charge in [-0.1, -0.05) is 24.3 Å². The van der Waals surface area contributed by atoms with Crippen LogP contribution < -0.4 is 5.32 Å². The van der Waals surface area contributed by atoms with Crippen LogP contribution in [0.3, 0.4) is 0 Å². The summed E-state index contributed by atoms with van der Waals surface area (Å²) in [7, 11) is 0. The van der Waals surface area contributed by atoms with Gasteiger partial charge in [0.05, 0.1) is 11.9 Å². The summed E-state index contributed by atoms with van der Waals surface area (Å²) in [5.41, 5.74) is 0.714. The summed E-state index contributed by atoms with van der Waals surface area (Å²) >= 11 is 0. The van der Waals surface area contributed by atoms with Crippen LogP contribution in [0.25, 0.3) is 10.8 Å². The third-order valence-electron chi connectivity index (χ3n) is 3.10. The van der Waals surface area contributed by atoms with E-state index in [1.165, 1.54) is 24.4 Å². The molecule has 0 atom stereocenters. The highest BCUT2D eigenvalue weighted by Gasteiger charge is 2.12. The number of benzene rings is 2. The quantitative estimate of drug-likeness (QED) is 0.728. The number of hydrogen-bond donors (Lipinski definition) is 1. The second-order valence-corrected chi connectivity index (χ2v) is 4.46. The van der Waals surface area contributed by atoms with Gasteiger partial charge in [-0.25, -0.2) is 9.37 Å². The molecular weight excluding hydrogens is 274 g/mol. The Morgan fingerprint density at radius 2 is 1.71 bits per heavy atom. The van der Waals surface area contributed by atoms with E-state index in [0.717, 1.165) is 6.07 Å². The second-order valence-electron chi connectivity index (χ2n) is 4.46. The normalized spacial score (nSPS) is 10.6. The summed E-state index contributed by atoms with van der Waals surface area (Å²) in [4.78, 5) is 15.7. The molecule has 0 aliphatic heterocycles. The van der Waals surface area contributed by atoms with E-state index in [1.807, 2.05) is 0 Å². The van der Waals surface area contributed by atoms with E-state index in [9.17, 15) is 13.6 Å². The average molecular weight is 284 g/mol. The van der Waals surface area contributed by atoms with Gasteiger partial charge in [0, 0.05) is 10.9 Å². The Bertz CT molecular complexity index is 816. The minimum atomic E-state index is -0.625. The number of pyridine rings is 1. The molecule has 21 heavy (non-hydrogen) atoms. The van der Waals surface area contributed by atoms with E-state index in [-0.39, 0.29) is 5.82 Å². The van der Waals surface area contributed by atoms with Crippen molar-refractivity contribution in [3.8, 4) is 0 Å². The first-order valence-electron chi connectivity index (χ1n) is 6.25. The van der Waals surface area contributed by atoms with Gasteiger partial charge in [0.25, 0.3) is 5.91 Å². The number of nitrogens with zero attached hydrogens (tertiary/aromatic N) is 1. The minimum absolute atomic E-state index is 0.344. The van der Waals surface area contributed by atoms with Crippen LogP contribution in [0.1, 0.15) is 10.4 Å². The number of nitrogens with one attached hydrogen (secondary N) is 1. The van der Waals surface area contributed by atoms with Gasteiger partial charge in [-0.05, 0) is 29.7 Å². The highest BCUT2D eigenvalue weighted by molar-refractivity contribution is 6.12. The van der Waals surface area contributed by atoms with Crippen molar-refractivity contribution in [1.29, 1.82) is 0 Å². The molecule has 3 rings (SSSR count). The van der Waals surface area contributed by atoms with Crippen molar-refractivity contribution in [2.45, 2.75) is 0 Å². The van der Waals surface area contributed by atoms with Crippen LogP contribution in [-0.2, 0) is 0 Å². The molecule has 0 aliphatic rings. The lowest BCUT2D eigenvalue weighted by molar-refractivity contribution is 0.102. The molecule has 0 fully saturated rings. The van der Waals surface area contributed by atoms with Gasteiger partial charge in [0.15, 0.2) is 0 Å². The van der Waals surface area contributed by atoms with E-state index >= 15 is 0 Å². The number of carbonyl (C=O) groups is 1. The van der Waals surface area contributed by atoms with Gasteiger partial charge >= 0.3 is 0 Å². The van der Waals surface area contributed by atoms with Gasteiger partial charge in [-0.15, -0.1) is 0 Å². The van der Waals surface area contributed by atoms with Crippen LogP contribution in [0, 0.1) is 11.8 Å². The molecule has 1 heterocycles. The van der Waals surface area contributed by atoms with Crippen LogP contribution in [0.4, 0.5) is 14.5 Å². The minimum Gasteiger partial charge on any atom is -0.321 e. The lowest BCUT2D eigenvalue weighted by atomic mass is 10.0. The van der Waals surface area contributed by atoms with Crippen molar-refractivity contribution >= 4 is 22.4 Å². The summed E-state index contributed by atoms with van der Waals surface area (Å²) in [6.45, 7) is 0. The Labute approximate surface area is 119 Å². The number of carbonyl (C=O) groups excluding carboxylic acids is 1. The first-order valence-corrected chi connectivity index (χ1v) is 6.25. The molecule has 0 radical (unpaired) electrons. The molecule has 3 nitrogen and oxygen atoms in total. The molecule has 0 spiro atoms. The van der Waals surface area contributed by atoms with Gasteiger partial charge in [0.2, 0.25) is 5.95 Å². The fourth-order valence-electron chi connectivity index (χ4n) is 2.11. The standard InChI is InChI=1S/C16H10F2N2O/c17-14-7-6-13(11-3-1-2-4-12(11)14)16(21)20-10-5-8-15(18)19-9-10/h1-9H,(H,20,21). The molecule has 0 bridgehead atoms. The zero-order valence-corrected chi connectivity index (χ0v) is 10.8. The van der Waals surface area contributed by atoms with E-state index in [2.05, 4.69) is 10.3 Å². The number of hydrogen-bond acceptors (Lipinski definition) is 2. The van der Waals surface area contributed by atoms with Gasteiger partial charge in [-0.2, -0.15) is 4.39 Å². The molecule has 1 aromatic heterocycles. The van der Waals surface area contributed by atoms with E-state index in [1.54, 1.807) is 24.3 Å². The van der Waals surface area contributed by atoms with Crippen LogP contribution in [0.2, 0.25) is 0 Å². The topological polar surface area (TPSA) is 42.0 Å². The Kier molecular flexibility index (Phi) is 3.31. The monoisotopic (exact) mass is 284 g/mol. The molecule has 1 amide bonds. The number of anilines is 1. The lowest BCUT2D eigenvalue weighted by Gasteiger charge is -2.08. The van der Waals surface area contributed by atoms with Crippen molar-refractivity contribution in [3.05, 3.63) is 72.1 Å². The fraction of sp³-hybridized carbons (Fsp3) is 0. The predicted molar refractivity (Wildman–Crippen MR) is 76.1 cm³/mol. The summed E-state index contributed by atoms with van der Waals surface area (Å²) in [5.74, 6) is -1.41. The van der Waals surface area contributed by atoms with Crippen LogP contribution in [0.15, 0.2) is 54.7 Å². The third-order valence-corrected chi connectivity index (χ3v) is 3.10. The number of rotatable bonds is 2. The molecule has 1 N–H and O–H groups in total. The third kappa shape index (κ3) is 2.58. The van der Waals surface area contributed by atoms with Gasteiger partial charge in [0.1, 0.15) is 5.82 Å². The Balaban J connectivity index is 1.98. The van der Waals surface area contributed by atoms with Gasteiger partial charge < -0.3 is 5.32 Å². The maximum atomic E-state index is 13.7. The molecule has 104 valence electrons. The summed E-state index contributed by atoms with van der Waals surface area (Å²) in [6.07, 6.45) is 1.22. The highest BCUT2D eigenvalue weighted by Crippen LogP contribution is 2.22. The van der Waals surface area contributed by atoms with Crippen molar-refractivity contribution in [3.63, 3.8) is 0 Å². The van der Waals surface area contributed by atoms with E-state index in [0.29, 0.717) is 22.0 Å². The zero-order chi connectivity index (χ0) is 14.8. The van der Waals surface area contributed by atoms with Crippen LogP contribution >= 0.6 is 0 Å². The number of halogens is 2. The molecule has 0 saturated carbocycles. The Morgan fingerprint density at radius 1 is 0.952 bits per heavy atom. The maximum absolute atomic E-state index is 13.7. The Hall–Kier alpha value is -2.82. The molecule has 2 aromatic carbocycles. The van der Waals surface area contributed by atoms with Crippen LogP contribution in [0.5, 0.6) is 0 Å². The number of fused-ring (bicyclic) bond motifs is 1. The highest BCUT2D eigenvalue weighted by atomic mass is 19.1. The first kappa shape index (κ1) is 13.2. The molecular formula is C16H10F2N2O. The second kappa shape index (κ2) is 5.28. The van der Waals surface area contributed by atoms with Crippen molar-refractivity contribution in [1.82, 2.24) is 4.98 Å². The summed E-state index contributed by atoms with van der Waals surface area (Å²) < 4.78 is 26.5. The largest absolute Gasteiger partial charge is 0.321 e. The van der Waals surface area contributed by atoms with E-state index in [4.69, 9.17) is 0 Å². The number of amides is 1. The molecule has 0 saturated heterocycles. The zero-order valence-electron chi connectivity index (χ0n) is 10.8. The summed E-state index contributed by atoms with van der Waals surface area (Å²) in [5, 5.41) is 3.50. The van der Waals surface area contributed by atoms with Crippen molar-refractivity contribution in [2.75, 3.05) is 5.32 Å². The van der Waals surface area contributed by atoms with Crippen molar-refractivity contribution < 1.29 is 13.6 Å². The fourth-order valence-corrected chi connectivity index (χ4v) is 2.11. The molecule has 0 unspecified atom stereocenters. The average Bonchev–Trinajstić information content (AvgIpc) is 2.50. The maximum Gasteiger partial charge on any atom is 0.256 e. The molecule has 3 aromatic rings. The first-order chi connectivity index (χ1) is 10.1. The smallest absolute Gasteiger partial charge is 0.256 e. The number of aromatic nitrogens is 1.